The van der Waals surface area contributed by atoms with Gasteiger partial charge in [-0.15, -0.1) is 52.7 Å². The van der Waals surface area contributed by atoms with E-state index in [0.29, 0.717) is 0 Å². The second kappa shape index (κ2) is 9.19. The van der Waals surface area contributed by atoms with E-state index in [0.717, 1.165) is 7.05 Å². The topological polar surface area (TPSA) is 49.0 Å². The molecule has 186 valence electrons. The summed E-state index contributed by atoms with van der Waals surface area (Å²) < 4.78 is 167. The van der Waals surface area contributed by atoms with Crippen molar-refractivity contribution in [2.45, 2.75) is 45.3 Å². The summed E-state index contributed by atoms with van der Waals surface area (Å²) in [6.07, 6.45) is -23.5. The summed E-state index contributed by atoms with van der Waals surface area (Å²) in [5.74, 6) is -9.88. The first kappa shape index (κ1) is 27.6. The van der Waals surface area contributed by atoms with Gasteiger partial charge in [0, 0.05) is 11.6 Å². The number of rotatable bonds is 7. The normalized spacial score (nSPS) is 14.4. The molecule has 5 nitrogen and oxygen atoms in total. The Morgan fingerprint density at radius 2 is 1.00 bits per heavy atom. The first-order valence-electron chi connectivity index (χ1n) is 8.04. The van der Waals surface area contributed by atoms with Gasteiger partial charge in [-0.05, 0) is 19.0 Å². The van der Waals surface area contributed by atoms with E-state index in [1.807, 2.05) is 0 Å². The molecule has 1 atom stereocenters. The van der Waals surface area contributed by atoms with Crippen LogP contribution >= 0.6 is 0 Å². The van der Waals surface area contributed by atoms with E-state index in [-0.39, 0.29) is 6.07 Å². The average molecular weight is 499 g/mol. The summed E-state index contributed by atoms with van der Waals surface area (Å²) in [7, 11) is 1.07. The minimum atomic E-state index is -5.98. The fourth-order valence-corrected chi connectivity index (χ4v) is 2.54. The Balaban J connectivity index is 4.12. The molecule has 0 aliphatic carbocycles. The van der Waals surface area contributed by atoms with Crippen LogP contribution in [0, 0.1) is 5.92 Å². The molecule has 0 spiro atoms. The van der Waals surface area contributed by atoms with Crippen molar-refractivity contribution in [1.29, 1.82) is 0 Å². The number of alkyl halides is 12. The summed E-state index contributed by atoms with van der Waals surface area (Å²) in [6, 6.07) is -1.50. The van der Waals surface area contributed by atoms with Crippen LogP contribution < -0.4 is 24.3 Å². The van der Waals surface area contributed by atoms with E-state index in [1.54, 1.807) is 0 Å². The predicted octanol–water partition coefficient (Wildman–Crippen LogP) is 6.20. The molecule has 17 heteroatoms. The number of hydrogen-bond donors (Lipinski definition) is 1. The Morgan fingerprint density at radius 1 is 0.625 bits per heavy atom. The Kier molecular flexibility index (Phi) is 7.92. The maximum Gasteiger partial charge on any atom is 0.573 e. The van der Waals surface area contributed by atoms with Crippen molar-refractivity contribution in [3.8, 4) is 23.0 Å². The lowest BCUT2D eigenvalue weighted by Gasteiger charge is -2.28. The van der Waals surface area contributed by atoms with Crippen LogP contribution in [0.1, 0.15) is 25.5 Å². The number of halogens is 12. The standard InChI is InChI=1S/C15H13F12NO4/c1-5(2)8(28-3)6-4-7(29-12(16,17)18)10(31-14(22,23)24)11(32-15(25,26)27)9(6)30-13(19,20)21/h4-5,8,28H,1-3H3. The summed E-state index contributed by atoms with van der Waals surface area (Å²) in [5.41, 5.74) is -1.09. The van der Waals surface area contributed by atoms with Crippen LogP contribution in [-0.2, 0) is 0 Å². The average Bonchev–Trinajstić information content (AvgIpc) is 2.49. The maximum absolute atomic E-state index is 12.9. The fourth-order valence-electron chi connectivity index (χ4n) is 2.54. The second-order valence-corrected chi connectivity index (χ2v) is 6.15. The smallest absolute Gasteiger partial charge is 0.402 e. The molecule has 0 amide bonds. The lowest BCUT2D eigenvalue weighted by Crippen LogP contribution is -2.28. The van der Waals surface area contributed by atoms with Gasteiger partial charge >= 0.3 is 25.4 Å². The summed E-state index contributed by atoms with van der Waals surface area (Å²) in [4.78, 5) is 0. The quantitative estimate of drug-likeness (QED) is 0.453. The summed E-state index contributed by atoms with van der Waals surface area (Å²) in [5, 5.41) is 2.31. The van der Waals surface area contributed by atoms with Crippen molar-refractivity contribution in [1.82, 2.24) is 5.32 Å². The number of nitrogens with one attached hydrogen (secondary N) is 1. The molecule has 0 aliphatic heterocycles. The molecule has 0 aliphatic rings. The molecule has 0 heterocycles. The highest BCUT2D eigenvalue weighted by atomic mass is 19.4. The Hall–Kier alpha value is -2.46. The highest BCUT2D eigenvalue weighted by molar-refractivity contribution is 5.64. The van der Waals surface area contributed by atoms with Gasteiger partial charge in [-0.25, -0.2) is 0 Å². The highest BCUT2D eigenvalue weighted by Gasteiger charge is 2.46. The molecular weight excluding hydrogens is 486 g/mol. The second-order valence-electron chi connectivity index (χ2n) is 6.15. The predicted molar refractivity (Wildman–Crippen MR) is 79.8 cm³/mol. The largest absolute Gasteiger partial charge is 0.573 e. The molecule has 32 heavy (non-hydrogen) atoms. The molecule has 0 radical (unpaired) electrons. The van der Waals surface area contributed by atoms with Crippen LogP contribution in [0.5, 0.6) is 23.0 Å². The van der Waals surface area contributed by atoms with E-state index >= 15 is 0 Å². The van der Waals surface area contributed by atoms with E-state index in [2.05, 4.69) is 24.3 Å². The highest BCUT2D eigenvalue weighted by Crippen LogP contribution is 2.54. The molecule has 0 saturated heterocycles. The van der Waals surface area contributed by atoms with E-state index in [1.165, 1.54) is 13.8 Å². The van der Waals surface area contributed by atoms with Gasteiger partial charge in [-0.1, -0.05) is 13.8 Å². The molecule has 1 unspecified atom stereocenters. The molecule has 0 aromatic heterocycles. The molecule has 0 fully saturated rings. The monoisotopic (exact) mass is 499 g/mol. The van der Waals surface area contributed by atoms with Gasteiger partial charge in [0.25, 0.3) is 0 Å². The van der Waals surface area contributed by atoms with Crippen molar-refractivity contribution in [2.24, 2.45) is 5.92 Å². The Labute approximate surface area is 171 Å². The van der Waals surface area contributed by atoms with Crippen molar-refractivity contribution in [3.63, 3.8) is 0 Å². The maximum atomic E-state index is 12.9. The molecule has 0 bridgehead atoms. The van der Waals surface area contributed by atoms with Crippen LogP contribution in [0.4, 0.5) is 52.7 Å². The van der Waals surface area contributed by atoms with Crippen LogP contribution in [-0.4, -0.2) is 32.5 Å². The van der Waals surface area contributed by atoms with E-state index in [9.17, 15) is 52.7 Å². The van der Waals surface area contributed by atoms with Gasteiger partial charge in [0.1, 0.15) is 0 Å². The van der Waals surface area contributed by atoms with Gasteiger partial charge in [-0.2, -0.15) is 0 Å². The Bertz CT molecular complexity index is 783. The third kappa shape index (κ3) is 8.58. The first-order chi connectivity index (χ1) is 14.1. The van der Waals surface area contributed by atoms with Gasteiger partial charge in [0.05, 0.1) is 0 Å². The van der Waals surface area contributed by atoms with Gasteiger partial charge < -0.3 is 24.3 Å². The molecule has 1 aromatic rings. The zero-order valence-corrected chi connectivity index (χ0v) is 15.9. The molecule has 1 aromatic carbocycles. The van der Waals surface area contributed by atoms with E-state index in [4.69, 9.17) is 0 Å². The van der Waals surface area contributed by atoms with Crippen molar-refractivity contribution in [2.75, 3.05) is 7.05 Å². The molecule has 1 N–H and O–H groups in total. The fraction of sp³-hybridized carbons (Fsp3) is 0.600. The summed E-state index contributed by atoms with van der Waals surface area (Å²) in [6.45, 7) is 2.57. The lowest BCUT2D eigenvalue weighted by atomic mass is 9.94. The Morgan fingerprint density at radius 3 is 1.34 bits per heavy atom. The van der Waals surface area contributed by atoms with Crippen LogP contribution in [0.3, 0.4) is 0 Å². The van der Waals surface area contributed by atoms with Crippen LogP contribution in [0.15, 0.2) is 6.07 Å². The number of hydrogen-bond acceptors (Lipinski definition) is 5. The number of benzene rings is 1. The van der Waals surface area contributed by atoms with Crippen LogP contribution in [0.2, 0.25) is 0 Å². The zero-order valence-electron chi connectivity index (χ0n) is 15.9. The van der Waals surface area contributed by atoms with Crippen molar-refractivity contribution in [3.05, 3.63) is 11.6 Å². The third-order valence-corrected chi connectivity index (χ3v) is 3.38. The number of ether oxygens (including phenoxy) is 4. The minimum absolute atomic E-state index is 0.0277. The van der Waals surface area contributed by atoms with Crippen molar-refractivity contribution < 1.29 is 71.6 Å². The minimum Gasteiger partial charge on any atom is -0.402 e. The van der Waals surface area contributed by atoms with E-state index < -0.39 is 66.0 Å². The van der Waals surface area contributed by atoms with Crippen LogP contribution in [0.25, 0.3) is 0 Å². The van der Waals surface area contributed by atoms with Gasteiger partial charge in [0.2, 0.25) is 11.5 Å². The third-order valence-electron chi connectivity index (χ3n) is 3.38. The zero-order chi connectivity index (χ0) is 25.3. The van der Waals surface area contributed by atoms with Crippen molar-refractivity contribution >= 4 is 0 Å². The first-order valence-corrected chi connectivity index (χ1v) is 8.04. The lowest BCUT2D eigenvalue weighted by molar-refractivity contribution is -0.297. The molecular formula is C15H13F12NO4. The molecule has 1 rings (SSSR count). The SMILES string of the molecule is CNC(c1cc(OC(F)(F)F)c(OC(F)(F)F)c(OC(F)(F)F)c1OC(F)(F)F)C(C)C. The summed E-state index contributed by atoms with van der Waals surface area (Å²) >= 11 is 0. The van der Waals surface area contributed by atoms with Gasteiger partial charge in [-0.3, -0.25) is 0 Å². The molecule has 0 saturated carbocycles. The van der Waals surface area contributed by atoms with Gasteiger partial charge in [0.15, 0.2) is 11.5 Å².